The van der Waals surface area contributed by atoms with Gasteiger partial charge in [0.05, 0.1) is 0 Å². The van der Waals surface area contributed by atoms with Crippen LogP contribution in [0, 0.1) is 0 Å². The Morgan fingerprint density at radius 3 is 0.672 bits per heavy atom. The van der Waals surface area contributed by atoms with Crippen LogP contribution in [0.5, 0.6) is 0 Å². The summed E-state index contributed by atoms with van der Waals surface area (Å²) in [5.41, 5.74) is 0. The maximum absolute atomic E-state index is 12.8. The second-order valence-electron chi connectivity index (χ2n) is 17.8. The maximum atomic E-state index is 12.8. The van der Waals surface area contributed by atoms with E-state index in [-0.39, 0.29) is 19.3 Å². The molecular weight excluding hydrogens is 859 g/mol. The minimum Gasteiger partial charge on any atom is -0.0885 e. The van der Waals surface area contributed by atoms with E-state index in [1.54, 1.807) is 0 Å². The molecule has 0 bridgehead atoms. The first-order valence-electron chi connectivity index (χ1n) is 26.6. The van der Waals surface area contributed by atoms with Crippen LogP contribution in [0.25, 0.3) is 0 Å². The summed E-state index contributed by atoms with van der Waals surface area (Å²) in [6, 6.07) is 0. The normalized spacial score (nSPS) is 11.7. The quantitative estimate of drug-likeness (QED) is 0.0447. The number of hydrogen-bond acceptors (Lipinski definition) is 6. The molecule has 0 rings (SSSR count). The van der Waals surface area contributed by atoms with Crippen molar-refractivity contribution in [3.63, 3.8) is 0 Å². The molecule has 61 heavy (non-hydrogen) atoms. The van der Waals surface area contributed by atoms with E-state index in [0.29, 0.717) is 0 Å². The minimum atomic E-state index is -4.10. The smallest absolute Gasteiger partial charge is 0.0885 e. The fourth-order valence-electron chi connectivity index (χ4n) is 7.59. The molecule has 0 aromatic rings. The van der Waals surface area contributed by atoms with E-state index < -0.39 is 40.7 Å². The summed E-state index contributed by atoms with van der Waals surface area (Å²) in [4.78, 5) is 38.4. The van der Waals surface area contributed by atoms with Crippen LogP contribution in [0.1, 0.15) is 290 Å². The zero-order valence-corrected chi connectivity index (χ0v) is 44.0. The molecule has 0 heterocycles. The summed E-state index contributed by atoms with van der Waals surface area (Å²) >= 11 is -4.10. The van der Waals surface area contributed by atoms with Gasteiger partial charge in [0.15, 0.2) is 0 Å². The average Bonchev–Trinajstić information content (AvgIpc) is 3.25. The van der Waals surface area contributed by atoms with Crippen molar-refractivity contribution < 1.29 is 22.9 Å². The first kappa shape index (κ1) is 59.5. The van der Waals surface area contributed by atoms with Crippen LogP contribution in [0.4, 0.5) is 0 Å². The van der Waals surface area contributed by atoms with Crippen LogP contribution in [0.15, 0.2) is 36.5 Å². The molecule has 0 aromatic carbocycles. The van der Waals surface area contributed by atoms with Crippen LogP contribution >= 0.6 is 0 Å². The second kappa shape index (κ2) is 51.1. The average molecular weight is 959 g/mol. The predicted octanol–water partition coefficient (Wildman–Crippen LogP) is 17.7. The molecule has 0 amide bonds. The van der Waals surface area contributed by atoms with Crippen LogP contribution in [-0.2, 0) is 22.9 Å². The molecule has 0 fully saturated rings. The molecule has 0 spiro atoms. The van der Waals surface area contributed by atoms with Gasteiger partial charge in [-0.3, -0.25) is 0 Å². The Balaban J connectivity index is 4.39. The summed E-state index contributed by atoms with van der Waals surface area (Å²) in [6.07, 6.45) is 61.2. The molecule has 7 heteroatoms. The van der Waals surface area contributed by atoms with Crippen molar-refractivity contribution in [2.75, 3.05) is 0 Å². The van der Waals surface area contributed by atoms with Gasteiger partial charge in [-0.25, -0.2) is 0 Å². The van der Waals surface area contributed by atoms with Crippen molar-refractivity contribution in [3.05, 3.63) is 36.5 Å². The zero-order valence-electron chi connectivity index (χ0n) is 40.7. The Bertz CT molecular complexity index is 910. The molecule has 0 unspecified atom stereocenters. The van der Waals surface area contributed by atoms with Crippen LogP contribution in [0.3, 0.4) is 0 Å². The predicted molar refractivity (Wildman–Crippen MR) is 262 cm³/mol. The molecule has 0 saturated carbocycles. The van der Waals surface area contributed by atoms with Crippen molar-refractivity contribution in [2.45, 2.75) is 290 Å². The molecular formula is C54H99InO6. The van der Waals surface area contributed by atoms with E-state index >= 15 is 0 Å². The molecule has 6 nitrogen and oxygen atoms in total. The van der Waals surface area contributed by atoms with E-state index in [1.807, 2.05) is 0 Å². The van der Waals surface area contributed by atoms with Gasteiger partial charge in [-0.15, -0.1) is 0 Å². The molecule has 354 valence electrons. The topological polar surface area (TPSA) is 78.9 Å². The van der Waals surface area contributed by atoms with Crippen molar-refractivity contribution in [3.8, 4) is 0 Å². The molecule has 0 aliphatic carbocycles. The third-order valence-electron chi connectivity index (χ3n) is 11.6. The molecule has 0 radical (unpaired) electrons. The summed E-state index contributed by atoms with van der Waals surface area (Å²) in [5, 5.41) is 0. The van der Waals surface area contributed by atoms with Gasteiger partial charge < -0.3 is 0 Å². The van der Waals surface area contributed by atoms with E-state index in [0.717, 1.165) is 57.8 Å². The molecule has 0 atom stereocenters. The summed E-state index contributed by atoms with van der Waals surface area (Å²) in [7, 11) is 0. The van der Waals surface area contributed by atoms with Gasteiger partial charge >= 0.3 is 255 Å². The third-order valence-corrected chi connectivity index (χ3v) is 15.5. The molecule has 0 aromatic heterocycles. The second-order valence-corrected chi connectivity index (χ2v) is 21.4. The molecule has 0 aliphatic rings. The molecule has 0 saturated heterocycles. The van der Waals surface area contributed by atoms with Gasteiger partial charge in [-0.1, -0.05) is 96.8 Å². The van der Waals surface area contributed by atoms with Gasteiger partial charge in [0.2, 0.25) is 0 Å². The Morgan fingerprint density at radius 1 is 0.279 bits per heavy atom. The fourth-order valence-corrected chi connectivity index (χ4v) is 10.9. The van der Waals surface area contributed by atoms with Gasteiger partial charge in [-0.2, -0.15) is 0 Å². The molecule has 0 aliphatic heterocycles. The van der Waals surface area contributed by atoms with Gasteiger partial charge in [0.25, 0.3) is 0 Å². The van der Waals surface area contributed by atoms with Crippen molar-refractivity contribution >= 4 is 40.7 Å². The SMILES string of the molecule is CCCCCC/C=C\CCCCCCCCCC(=O)[O][In]([O]C(=O)CCCCCCCCC/C=C\CCCCCC)[O]C(=O)CCCCCCCCC/C=C\CCCCCC. The number of unbranched alkanes of at least 4 members (excludes halogenated alkanes) is 33. The Morgan fingerprint density at radius 2 is 0.459 bits per heavy atom. The number of allylic oxidation sites excluding steroid dienone is 6. The standard InChI is InChI=1S/3C18H34O2.In/c3*1-2-3-4-5-6-7-8-9-10-11-12-13-14-15-16-17-18(19)20;/h3*7-8H,2-6,9-17H2,1H3,(H,19,20);/q;;;+3/p-3/b3*8-7-;. The van der Waals surface area contributed by atoms with Crippen molar-refractivity contribution in [1.82, 2.24) is 0 Å². The van der Waals surface area contributed by atoms with Gasteiger partial charge in [0, 0.05) is 0 Å². The Hall–Kier alpha value is -1.50. The summed E-state index contributed by atoms with van der Waals surface area (Å²) < 4.78 is 16.9. The first-order chi connectivity index (χ1) is 30.0. The van der Waals surface area contributed by atoms with Crippen molar-refractivity contribution in [2.24, 2.45) is 0 Å². The molecule has 0 N–H and O–H groups in total. The monoisotopic (exact) mass is 959 g/mol. The first-order valence-corrected chi connectivity index (χ1v) is 30.6. The van der Waals surface area contributed by atoms with Crippen LogP contribution < -0.4 is 0 Å². The van der Waals surface area contributed by atoms with Gasteiger partial charge in [-0.05, 0) is 38.5 Å². The van der Waals surface area contributed by atoms with E-state index in [1.165, 1.54) is 193 Å². The number of carbonyl (C=O) groups excluding carboxylic acids is 3. The third kappa shape index (κ3) is 49.4. The van der Waals surface area contributed by atoms with Crippen LogP contribution in [0.2, 0.25) is 0 Å². The minimum absolute atomic E-state index is 0.274. The summed E-state index contributed by atoms with van der Waals surface area (Å²) in [6.45, 7) is 6.76. The van der Waals surface area contributed by atoms with Crippen LogP contribution in [-0.4, -0.2) is 40.7 Å². The van der Waals surface area contributed by atoms with Gasteiger partial charge in [0.1, 0.15) is 0 Å². The summed E-state index contributed by atoms with van der Waals surface area (Å²) in [5.74, 6) is -1.19. The zero-order chi connectivity index (χ0) is 44.4. The number of rotatable bonds is 48. The van der Waals surface area contributed by atoms with Crippen molar-refractivity contribution in [1.29, 1.82) is 0 Å². The van der Waals surface area contributed by atoms with E-state index in [9.17, 15) is 14.4 Å². The number of carbonyl (C=O) groups is 3. The van der Waals surface area contributed by atoms with E-state index in [4.69, 9.17) is 8.56 Å². The number of hydrogen-bond donors (Lipinski definition) is 0. The fraction of sp³-hybridized carbons (Fsp3) is 0.833. The Kier molecular flexibility index (Phi) is 49.9. The van der Waals surface area contributed by atoms with E-state index in [2.05, 4.69) is 57.2 Å². The Labute approximate surface area is 388 Å².